The molecule has 1 aliphatic rings. The number of hydrogen-bond acceptors (Lipinski definition) is 4. The average molecular weight is 450 g/mol. The fourth-order valence-electron chi connectivity index (χ4n) is 2.90. The van der Waals surface area contributed by atoms with Gasteiger partial charge in [0.15, 0.2) is 5.82 Å². The van der Waals surface area contributed by atoms with E-state index in [-0.39, 0.29) is 12.2 Å². The molecule has 0 unspecified atom stereocenters. The smallest absolute Gasteiger partial charge is 0.384 e. The third kappa shape index (κ3) is 3.82. The molecule has 3 rings (SSSR count). The summed E-state index contributed by atoms with van der Waals surface area (Å²) in [6.07, 6.45) is -4.77. The molecule has 1 aliphatic heterocycles. The van der Waals surface area contributed by atoms with Crippen LogP contribution in [0.4, 0.5) is 44.1 Å². The third-order valence-electron chi connectivity index (χ3n) is 4.37. The number of nitrogens with zero attached hydrogens (tertiary/aromatic N) is 3. The maximum absolute atomic E-state index is 14.3. The van der Waals surface area contributed by atoms with Crippen LogP contribution in [0, 0.1) is 11.6 Å². The van der Waals surface area contributed by atoms with E-state index in [1.165, 1.54) is 0 Å². The number of pyridine rings is 1. The van der Waals surface area contributed by atoms with Gasteiger partial charge in [-0.1, -0.05) is 11.6 Å². The summed E-state index contributed by atoms with van der Waals surface area (Å²) in [6.45, 7) is -0.295. The highest BCUT2D eigenvalue weighted by atomic mass is 35.5. The van der Waals surface area contributed by atoms with E-state index in [1.54, 1.807) is 0 Å². The Kier molecular flexibility index (Phi) is 5.46. The summed E-state index contributed by atoms with van der Waals surface area (Å²) in [5.41, 5.74) is 3.87. The number of urea groups is 1. The van der Waals surface area contributed by atoms with Crippen molar-refractivity contribution in [3.8, 4) is 0 Å². The maximum atomic E-state index is 14.3. The van der Waals surface area contributed by atoms with Crippen LogP contribution in [0.2, 0.25) is 5.02 Å². The molecule has 30 heavy (non-hydrogen) atoms. The van der Waals surface area contributed by atoms with Gasteiger partial charge in [-0.15, -0.1) is 0 Å². The fraction of sp³-hybridized carbons (Fsp3) is 0.235. The molecule has 1 atom stereocenters. The lowest BCUT2D eigenvalue weighted by Crippen LogP contribution is -2.47. The van der Waals surface area contributed by atoms with Gasteiger partial charge in [0, 0.05) is 13.6 Å². The molecule has 7 nitrogen and oxygen atoms in total. The van der Waals surface area contributed by atoms with Gasteiger partial charge in [-0.3, -0.25) is 9.69 Å². The SMILES string of the molecule is CN(C(=O)[C@@H]1CNC(=O)N1c1cc(C(F)(F)F)cc(N)n1)c1ccc(F)c(Cl)c1F. The zero-order valence-electron chi connectivity index (χ0n) is 15.1. The molecule has 1 aromatic carbocycles. The second kappa shape index (κ2) is 7.59. The van der Waals surface area contributed by atoms with Crippen LogP contribution in [0.3, 0.4) is 0 Å². The third-order valence-corrected chi connectivity index (χ3v) is 4.72. The van der Waals surface area contributed by atoms with Crippen molar-refractivity contribution in [2.45, 2.75) is 12.2 Å². The number of hydrogen-bond donors (Lipinski definition) is 2. The number of amides is 3. The summed E-state index contributed by atoms with van der Waals surface area (Å²) in [7, 11) is 1.14. The number of carbonyl (C=O) groups excluding carboxylic acids is 2. The summed E-state index contributed by atoms with van der Waals surface area (Å²) >= 11 is 5.52. The lowest BCUT2D eigenvalue weighted by molar-refractivity contribution is -0.137. The quantitative estimate of drug-likeness (QED) is 0.556. The first-order chi connectivity index (χ1) is 13.9. The molecule has 0 saturated carbocycles. The zero-order valence-corrected chi connectivity index (χ0v) is 15.9. The Balaban J connectivity index is 1.98. The Labute approximate surface area is 171 Å². The molecular weight excluding hydrogens is 437 g/mol. The Morgan fingerprint density at radius 3 is 2.63 bits per heavy atom. The summed E-state index contributed by atoms with van der Waals surface area (Å²) in [6, 6.07) is 0.679. The Morgan fingerprint density at radius 2 is 2.00 bits per heavy atom. The molecule has 3 amide bonds. The van der Waals surface area contributed by atoms with Gasteiger partial charge in [0.1, 0.15) is 28.5 Å². The second-order valence-corrected chi connectivity index (χ2v) is 6.68. The summed E-state index contributed by atoms with van der Waals surface area (Å²) < 4.78 is 66.9. The minimum atomic E-state index is -4.77. The number of anilines is 3. The number of halogens is 6. The number of rotatable bonds is 3. The lowest BCUT2D eigenvalue weighted by atomic mass is 10.2. The molecule has 160 valence electrons. The van der Waals surface area contributed by atoms with Crippen molar-refractivity contribution in [2.24, 2.45) is 0 Å². The van der Waals surface area contributed by atoms with E-state index in [1.807, 2.05) is 0 Å². The van der Waals surface area contributed by atoms with Crippen LogP contribution >= 0.6 is 11.6 Å². The monoisotopic (exact) mass is 449 g/mol. The molecular formula is C17H13ClF5N5O2. The van der Waals surface area contributed by atoms with Crippen LogP contribution in [0.5, 0.6) is 0 Å². The predicted molar refractivity (Wildman–Crippen MR) is 98.1 cm³/mol. The van der Waals surface area contributed by atoms with E-state index in [2.05, 4.69) is 10.3 Å². The molecule has 0 aliphatic carbocycles. The first-order valence-electron chi connectivity index (χ1n) is 8.24. The van der Waals surface area contributed by atoms with Crippen molar-refractivity contribution in [3.05, 3.63) is 46.5 Å². The van der Waals surface area contributed by atoms with Crippen LogP contribution in [-0.2, 0) is 11.0 Å². The van der Waals surface area contributed by atoms with Crippen LogP contribution in [0.1, 0.15) is 5.56 Å². The van der Waals surface area contributed by atoms with Crippen molar-refractivity contribution in [3.63, 3.8) is 0 Å². The standard InChI is InChI=1S/C17H13ClF5N5O2/c1-27(9-3-2-8(19)13(18)14(9)20)15(29)10-6-25-16(30)28(10)12-5-7(17(21,22)23)4-11(24)26-12/h2-5,10H,6H2,1H3,(H2,24,26)(H,25,30)/t10-/m0/s1. The molecule has 2 aromatic rings. The van der Waals surface area contributed by atoms with Crippen LogP contribution in [0.25, 0.3) is 0 Å². The van der Waals surface area contributed by atoms with Gasteiger partial charge in [-0.25, -0.2) is 18.6 Å². The van der Waals surface area contributed by atoms with E-state index in [0.29, 0.717) is 17.0 Å². The van der Waals surface area contributed by atoms with Gasteiger partial charge in [-0.05, 0) is 24.3 Å². The first-order valence-corrected chi connectivity index (χ1v) is 8.62. The van der Waals surface area contributed by atoms with E-state index in [9.17, 15) is 31.5 Å². The molecule has 13 heteroatoms. The molecule has 1 aromatic heterocycles. The van der Waals surface area contributed by atoms with Crippen molar-refractivity contribution in [2.75, 3.05) is 29.1 Å². The second-order valence-electron chi connectivity index (χ2n) is 6.30. The highest BCUT2D eigenvalue weighted by Gasteiger charge is 2.41. The fourth-order valence-corrected chi connectivity index (χ4v) is 3.06. The van der Waals surface area contributed by atoms with E-state index in [4.69, 9.17) is 17.3 Å². The van der Waals surface area contributed by atoms with Crippen LogP contribution in [0.15, 0.2) is 24.3 Å². The Morgan fingerprint density at radius 1 is 1.33 bits per heavy atom. The van der Waals surface area contributed by atoms with E-state index < -0.39 is 58.0 Å². The van der Waals surface area contributed by atoms with Gasteiger partial charge in [-0.2, -0.15) is 13.2 Å². The predicted octanol–water partition coefficient (Wildman–Crippen LogP) is 3.18. The van der Waals surface area contributed by atoms with Gasteiger partial charge in [0.2, 0.25) is 0 Å². The van der Waals surface area contributed by atoms with Gasteiger partial charge in [0.05, 0.1) is 11.3 Å². The van der Waals surface area contributed by atoms with Crippen molar-refractivity contribution in [1.29, 1.82) is 0 Å². The number of nitrogens with one attached hydrogen (secondary N) is 1. The van der Waals surface area contributed by atoms with Crippen molar-refractivity contribution < 1.29 is 31.5 Å². The van der Waals surface area contributed by atoms with Gasteiger partial charge >= 0.3 is 12.2 Å². The van der Waals surface area contributed by atoms with E-state index >= 15 is 0 Å². The molecule has 1 fully saturated rings. The maximum Gasteiger partial charge on any atom is 0.416 e. The molecule has 0 bridgehead atoms. The molecule has 0 spiro atoms. The number of carbonyl (C=O) groups is 2. The summed E-state index contributed by atoms with van der Waals surface area (Å²) in [5, 5.41) is 1.48. The number of likely N-dealkylation sites (N-methyl/N-ethyl adjacent to an activating group) is 1. The summed E-state index contributed by atoms with van der Waals surface area (Å²) in [5.74, 6) is -4.16. The van der Waals surface area contributed by atoms with E-state index in [0.717, 1.165) is 24.1 Å². The lowest BCUT2D eigenvalue weighted by Gasteiger charge is -2.27. The number of aromatic nitrogens is 1. The minimum Gasteiger partial charge on any atom is -0.384 e. The molecule has 2 heterocycles. The molecule has 1 saturated heterocycles. The Bertz CT molecular complexity index is 1030. The van der Waals surface area contributed by atoms with Gasteiger partial charge in [0.25, 0.3) is 5.91 Å². The minimum absolute atomic E-state index is 0.295. The first kappa shape index (κ1) is 21.6. The number of nitrogens with two attached hydrogens (primary N) is 1. The normalized spacial score (nSPS) is 16.6. The molecule has 3 N–H and O–H groups in total. The van der Waals surface area contributed by atoms with Crippen LogP contribution < -0.4 is 20.9 Å². The largest absolute Gasteiger partial charge is 0.416 e. The molecule has 0 radical (unpaired) electrons. The topological polar surface area (TPSA) is 91.6 Å². The zero-order chi connectivity index (χ0) is 22.4. The average Bonchev–Trinajstić information content (AvgIpc) is 3.05. The highest BCUT2D eigenvalue weighted by Crippen LogP contribution is 2.34. The summed E-state index contributed by atoms with van der Waals surface area (Å²) in [4.78, 5) is 30.3. The number of nitrogen functional groups attached to an aromatic ring is 1. The Hall–Kier alpha value is -3.15. The van der Waals surface area contributed by atoms with Crippen LogP contribution in [-0.4, -0.2) is 36.6 Å². The van der Waals surface area contributed by atoms with Crippen molar-refractivity contribution in [1.82, 2.24) is 10.3 Å². The van der Waals surface area contributed by atoms with Gasteiger partial charge < -0.3 is 16.0 Å². The highest BCUT2D eigenvalue weighted by molar-refractivity contribution is 6.31. The van der Waals surface area contributed by atoms with Crippen molar-refractivity contribution >= 4 is 40.9 Å². The number of alkyl halides is 3. The number of benzene rings is 1.